The smallest absolute Gasteiger partial charge is 0.307 e. The van der Waals surface area contributed by atoms with Gasteiger partial charge in [-0.3, -0.25) is 14.5 Å². The van der Waals surface area contributed by atoms with Crippen molar-refractivity contribution in [3.63, 3.8) is 0 Å². The largest absolute Gasteiger partial charge is 0.456 e. The minimum Gasteiger partial charge on any atom is -0.456 e. The van der Waals surface area contributed by atoms with Crippen LogP contribution in [-0.4, -0.2) is 56.7 Å². The Morgan fingerprint density at radius 3 is 2.34 bits per heavy atom. The molecule has 32 heavy (non-hydrogen) atoms. The number of nitrogens with zero attached hydrogens (tertiary/aromatic N) is 1. The Kier molecular flexibility index (Phi) is 8.41. The Balaban J connectivity index is 1.33. The molecule has 0 aromatic heterocycles. The number of hydrogen-bond donors (Lipinski definition) is 1. The lowest BCUT2D eigenvalue weighted by molar-refractivity contribution is -0.148. The maximum absolute atomic E-state index is 12.3. The molecule has 0 atom stereocenters. The highest BCUT2D eigenvalue weighted by Crippen LogP contribution is 2.15. The number of nitrogens with one attached hydrogen (secondary N) is 1. The standard InChI is InChI=1S/C24H30N2O5S/c1-19-7-9-22(10-8-19)32(29,30)16-13-24(28)31-18-23(27)25-21-11-14-26(15-12-21)17-20-5-3-2-4-6-20/h2-10,21H,11-18H2,1H3,(H,25,27). The molecule has 1 amide bonds. The summed E-state index contributed by atoms with van der Waals surface area (Å²) in [5, 5.41) is 2.90. The van der Waals surface area contributed by atoms with Crippen LogP contribution in [0.2, 0.25) is 0 Å². The van der Waals surface area contributed by atoms with Gasteiger partial charge in [0, 0.05) is 25.7 Å². The summed E-state index contributed by atoms with van der Waals surface area (Å²) in [7, 11) is -3.57. The number of carbonyl (C=O) groups excluding carboxylic acids is 2. The summed E-state index contributed by atoms with van der Waals surface area (Å²) >= 11 is 0. The second-order valence-electron chi connectivity index (χ2n) is 8.15. The first-order valence-electron chi connectivity index (χ1n) is 10.8. The molecule has 0 radical (unpaired) electrons. The van der Waals surface area contributed by atoms with Gasteiger partial charge in [-0.1, -0.05) is 48.0 Å². The van der Waals surface area contributed by atoms with E-state index in [0.29, 0.717) is 0 Å². The van der Waals surface area contributed by atoms with Crippen LogP contribution < -0.4 is 5.32 Å². The molecule has 2 aromatic carbocycles. The molecule has 1 N–H and O–H groups in total. The zero-order chi connectivity index (χ0) is 23.0. The van der Waals surface area contributed by atoms with Crippen molar-refractivity contribution in [1.82, 2.24) is 10.2 Å². The lowest BCUT2D eigenvalue weighted by Gasteiger charge is -2.32. The van der Waals surface area contributed by atoms with Crippen molar-refractivity contribution in [2.24, 2.45) is 0 Å². The van der Waals surface area contributed by atoms with Crippen molar-refractivity contribution in [3.8, 4) is 0 Å². The van der Waals surface area contributed by atoms with E-state index in [1.54, 1.807) is 12.1 Å². The zero-order valence-electron chi connectivity index (χ0n) is 18.3. The minimum absolute atomic E-state index is 0.0511. The molecule has 1 aliphatic heterocycles. The molecule has 2 aromatic rings. The molecular weight excluding hydrogens is 428 g/mol. The Hall–Kier alpha value is -2.71. The first-order valence-corrected chi connectivity index (χ1v) is 12.5. The lowest BCUT2D eigenvalue weighted by atomic mass is 10.0. The maximum Gasteiger partial charge on any atom is 0.307 e. The second kappa shape index (κ2) is 11.2. The molecule has 172 valence electrons. The van der Waals surface area contributed by atoms with Crippen LogP contribution in [0.5, 0.6) is 0 Å². The summed E-state index contributed by atoms with van der Waals surface area (Å²) in [6, 6.07) is 16.8. The second-order valence-corrected chi connectivity index (χ2v) is 10.3. The van der Waals surface area contributed by atoms with Gasteiger partial charge in [0.15, 0.2) is 16.4 Å². The van der Waals surface area contributed by atoms with Gasteiger partial charge in [0.1, 0.15) is 0 Å². The van der Waals surface area contributed by atoms with Crippen LogP contribution in [0.1, 0.15) is 30.4 Å². The lowest BCUT2D eigenvalue weighted by Crippen LogP contribution is -2.45. The third kappa shape index (κ3) is 7.46. The van der Waals surface area contributed by atoms with E-state index in [9.17, 15) is 18.0 Å². The number of rotatable bonds is 9. The van der Waals surface area contributed by atoms with Gasteiger partial charge in [0.2, 0.25) is 0 Å². The Labute approximate surface area is 189 Å². The summed E-state index contributed by atoms with van der Waals surface area (Å²) in [5.41, 5.74) is 2.22. The maximum atomic E-state index is 12.3. The van der Waals surface area contributed by atoms with Crippen LogP contribution in [-0.2, 0) is 30.7 Å². The molecular formula is C24H30N2O5S. The van der Waals surface area contributed by atoms with E-state index < -0.39 is 22.4 Å². The van der Waals surface area contributed by atoms with Gasteiger partial charge >= 0.3 is 5.97 Å². The van der Waals surface area contributed by atoms with Crippen LogP contribution >= 0.6 is 0 Å². The fourth-order valence-electron chi connectivity index (χ4n) is 3.65. The number of likely N-dealkylation sites (tertiary alicyclic amines) is 1. The number of piperidine rings is 1. The van der Waals surface area contributed by atoms with E-state index in [0.717, 1.165) is 38.0 Å². The molecule has 1 fully saturated rings. The SMILES string of the molecule is Cc1ccc(S(=O)(=O)CCC(=O)OCC(=O)NC2CCN(Cc3ccccc3)CC2)cc1. The number of esters is 1. The van der Waals surface area contributed by atoms with E-state index in [1.165, 1.54) is 17.7 Å². The number of hydrogen-bond acceptors (Lipinski definition) is 6. The summed E-state index contributed by atoms with van der Waals surface area (Å²) < 4.78 is 29.6. The average Bonchev–Trinajstić information content (AvgIpc) is 2.79. The van der Waals surface area contributed by atoms with E-state index in [4.69, 9.17) is 4.74 Å². The van der Waals surface area contributed by atoms with Crippen molar-refractivity contribution in [2.45, 2.75) is 43.7 Å². The number of sulfone groups is 1. The molecule has 3 rings (SSSR count). The van der Waals surface area contributed by atoms with Crippen molar-refractivity contribution < 1.29 is 22.7 Å². The summed E-state index contributed by atoms with van der Waals surface area (Å²) in [6.07, 6.45) is 1.38. The highest BCUT2D eigenvalue weighted by atomic mass is 32.2. The van der Waals surface area contributed by atoms with Crippen LogP contribution in [0.15, 0.2) is 59.5 Å². The molecule has 0 saturated carbocycles. The molecule has 0 aliphatic carbocycles. The van der Waals surface area contributed by atoms with Gasteiger partial charge in [-0.15, -0.1) is 0 Å². The predicted molar refractivity (Wildman–Crippen MR) is 122 cm³/mol. The number of ether oxygens (including phenoxy) is 1. The van der Waals surface area contributed by atoms with E-state index in [1.807, 2.05) is 25.1 Å². The van der Waals surface area contributed by atoms with E-state index in [-0.39, 0.29) is 29.0 Å². The predicted octanol–water partition coefficient (Wildman–Crippen LogP) is 2.48. The molecule has 1 aliphatic rings. The van der Waals surface area contributed by atoms with Crippen LogP contribution in [0.25, 0.3) is 0 Å². The van der Waals surface area contributed by atoms with Crippen LogP contribution in [0.3, 0.4) is 0 Å². The molecule has 0 bridgehead atoms. The average molecular weight is 459 g/mol. The molecule has 1 heterocycles. The fourth-order valence-corrected chi connectivity index (χ4v) is 4.87. The highest BCUT2D eigenvalue weighted by molar-refractivity contribution is 7.91. The number of amides is 1. The monoisotopic (exact) mass is 458 g/mol. The highest BCUT2D eigenvalue weighted by Gasteiger charge is 2.22. The number of aryl methyl sites for hydroxylation is 1. The van der Waals surface area contributed by atoms with Gasteiger partial charge in [-0.2, -0.15) is 0 Å². The molecule has 0 spiro atoms. The van der Waals surface area contributed by atoms with Crippen molar-refractivity contribution in [2.75, 3.05) is 25.4 Å². The third-order valence-corrected chi connectivity index (χ3v) is 7.25. The first-order chi connectivity index (χ1) is 15.3. The molecule has 7 nitrogen and oxygen atoms in total. The Morgan fingerprint density at radius 1 is 1.03 bits per heavy atom. The van der Waals surface area contributed by atoms with Gasteiger partial charge in [-0.25, -0.2) is 8.42 Å². The van der Waals surface area contributed by atoms with Gasteiger partial charge in [-0.05, 0) is 37.5 Å². The fraction of sp³-hybridized carbons (Fsp3) is 0.417. The topological polar surface area (TPSA) is 92.8 Å². The van der Waals surface area contributed by atoms with Crippen LogP contribution in [0.4, 0.5) is 0 Å². The van der Waals surface area contributed by atoms with Gasteiger partial charge in [0.25, 0.3) is 5.91 Å². The molecule has 8 heteroatoms. The van der Waals surface area contributed by atoms with Crippen molar-refractivity contribution in [3.05, 3.63) is 65.7 Å². The Morgan fingerprint density at radius 2 is 1.69 bits per heavy atom. The van der Waals surface area contributed by atoms with Gasteiger partial charge in [0.05, 0.1) is 17.1 Å². The summed E-state index contributed by atoms with van der Waals surface area (Å²) in [5.74, 6) is -1.41. The third-order valence-electron chi connectivity index (χ3n) is 5.52. The normalized spacial score (nSPS) is 15.3. The Bertz CT molecular complexity index is 998. The quantitative estimate of drug-likeness (QED) is 0.581. The summed E-state index contributed by atoms with van der Waals surface area (Å²) in [4.78, 5) is 26.6. The van der Waals surface area contributed by atoms with Crippen LogP contribution in [0, 0.1) is 6.92 Å². The number of carbonyl (C=O) groups is 2. The van der Waals surface area contributed by atoms with E-state index in [2.05, 4.69) is 22.3 Å². The first kappa shape index (κ1) is 23.9. The van der Waals surface area contributed by atoms with Gasteiger partial charge < -0.3 is 10.1 Å². The van der Waals surface area contributed by atoms with Crippen molar-refractivity contribution in [1.29, 1.82) is 0 Å². The zero-order valence-corrected chi connectivity index (χ0v) is 19.1. The molecule has 1 saturated heterocycles. The number of benzene rings is 2. The molecule has 0 unspecified atom stereocenters. The summed E-state index contributed by atoms with van der Waals surface area (Å²) in [6.45, 7) is 4.14. The van der Waals surface area contributed by atoms with Crippen molar-refractivity contribution >= 4 is 21.7 Å². The van der Waals surface area contributed by atoms with E-state index >= 15 is 0 Å². The minimum atomic E-state index is -3.57.